The molecule has 5 rings (SSSR count). The summed E-state index contributed by atoms with van der Waals surface area (Å²) in [6, 6.07) is 15.0. The van der Waals surface area contributed by atoms with Crippen molar-refractivity contribution >= 4 is 23.2 Å². The highest BCUT2D eigenvalue weighted by Gasteiger charge is 2.38. The Balaban J connectivity index is 1.47. The molecule has 0 saturated carbocycles. The van der Waals surface area contributed by atoms with Crippen molar-refractivity contribution in [3.8, 4) is 0 Å². The van der Waals surface area contributed by atoms with Crippen molar-refractivity contribution in [1.29, 1.82) is 0 Å². The number of amides is 1. The van der Waals surface area contributed by atoms with Crippen molar-refractivity contribution < 1.29 is 4.79 Å². The van der Waals surface area contributed by atoms with Crippen LogP contribution in [0.3, 0.4) is 0 Å². The number of halogens is 1. The molecular formula is C25H27ClN2O. The van der Waals surface area contributed by atoms with Gasteiger partial charge in [-0.2, -0.15) is 0 Å². The average molecular weight is 407 g/mol. The summed E-state index contributed by atoms with van der Waals surface area (Å²) in [5.74, 6) is 0.986. The Morgan fingerprint density at radius 2 is 1.97 bits per heavy atom. The third kappa shape index (κ3) is 3.36. The van der Waals surface area contributed by atoms with E-state index in [2.05, 4.69) is 53.6 Å². The molecule has 2 heterocycles. The molecule has 0 aromatic heterocycles. The van der Waals surface area contributed by atoms with E-state index in [0.717, 1.165) is 42.1 Å². The van der Waals surface area contributed by atoms with Crippen molar-refractivity contribution in [2.75, 3.05) is 11.9 Å². The monoisotopic (exact) mass is 406 g/mol. The van der Waals surface area contributed by atoms with E-state index in [1.54, 1.807) is 0 Å². The Kier molecular flexibility index (Phi) is 4.87. The number of nitrogens with zero attached hydrogens (tertiary/aromatic N) is 1. The van der Waals surface area contributed by atoms with E-state index in [1.807, 2.05) is 18.2 Å². The molecule has 1 saturated heterocycles. The maximum atomic E-state index is 13.2. The van der Waals surface area contributed by atoms with E-state index in [-0.39, 0.29) is 11.9 Å². The number of hydrogen-bond donors (Lipinski definition) is 1. The van der Waals surface area contributed by atoms with Crippen molar-refractivity contribution in [3.05, 3.63) is 76.3 Å². The van der Waals surface area contributed by atoms with Crippen LogP contribution >= 0.6 is 11.6 Å². The van der Waals surface area contributed by atoms with Gasteiger partial charge in [0.2, 0.25) is 0 Å². The first-order valence-corrected chi connectivity index (χ1v) is 11.1. The fraction of sp³-hybridized carbons (Fsp3) is 0.400. The summed E-state index contributed by atoms with van der Waals surface area (Å²) in [4.78, 5) is 15.2. The molecule has 0 unspecified atom stereocenters. The summed E-state index contributed by atoms with van der Waals surface area (Å²) < 4.78 is 0. The summed E-state index contributed by atoms with van der Waals surface area (Å²) >= 11 is 6.10. The largest absolute Gasteiger partial charge is 0.378 e. The van der Waals surface area contributed by atoms with Gasteiger partial charge < -0.3 is 10.2 Å². The van der Waals surface area contributed by atoms with Gasteiger partial charge >= 0.3 is 0 Å². The third-order valence-electron chi connectivity index (χ3n) is 6.90. The van der Waals surface area contributed by atoms with Gasteiger partial charge in [0.25, 0.3) is 5.91 Å². The number of allylic oxidation sites excluding steroid dienone is 2. The minimum Gasteiger partial charge on any atom is -0.378 e. The highest BCUT2D eigenvalue weighted by molar-refractivity contribution is 6.30. The van der Waals surface area contributed by atoms with Crippen molar-refractivity contribution in [2.45, 2.75) is 50.6 Å². The smallest absolute Gasteiger partial charge is 0.254 e. The molecule has 1 amide bonds. The second-order valence-corrected chi connectivity index (χ2v) is 9.11. The van der Waals surface area contributed by atoms with Crippen molar-refractivity contribution in [3.63, 3.8) is 0 Å². The molecule has 2 aromatic carbocycles. The van der Waals surface area contributed by atoms with Crippen LogP contribution in [-0.4, -0.2) is 23.4 Å². The van der Waals surface area contributed by atoms with Gasteiger partial charge in [-0.15, -0.1) is 0 Å². The Hall–Kier alpha value is -2.26. The van der Waals surface area contributed by atoms with E-state index in [0.29, 0.717) is 17.9 Å². The van der Waals surface area contributed by atoms with E-state index < -0.39 is 0 Å². The fourth-order valence-corrected chi connectivity index (χ4v) is 5.42. The van der Waals surface area contributed by atoms with E-state index in [9.17, 15) is 4.79 Å². The lowest BCUT2D eigenvalue weighted by Crippen LogP contribution is -2.42. The Morgan fingerprint density at radius 1 is 1.14 bits per heavy atom. The SMILES string of the molecule is C[C@H]1CCCCN1C(=O)c1ccc2c(c1)[C@@H]1C=CC[C@@H]1[C@@H](c1ccc(Cl)cc1)N2. The molecular weight excluding hydrogens is 380 g/mol. The van der Waals surface area contributed by atoms with E-state index in [4.69, 9.17) is 11.6 Å². The van der Waals surface area contributed by atoms with Crippen LogP contribution in [0, 0.1) is 5.92 Å². The number of benzene rings is 2. The summed E-state index contributed by atoms with van der Waals surface area (Å²) in [6.07, 6.45) is 9.10. The van der Waals surface area contributed by atoms with Crippen LogP contribution in [-0.2, 0) is 0 Å². The maximum absolute atomic E-state index is 13.2. The molecule has 150 valence electrons. The van der Waals surface area contributed by atoms with Gasteiger partial charge in [0.15, 0.2) is 0 Å². The number of anilines is 1. The molecule has 4 atom stereocenters. The first kappa shape index (κ1) is 18.7. The van der Waals surface area contributed by atoms with Gasteiger partial charge in [0, 0.05) is 34.8 Å². The Bertz CT molecular complexity index is 952. The molecule has 2 aromatic rings. The highest BCUT2D eigenvalue weighted by Crippen LogP contribution is 2.50. The standard InChI is InChI=1S/C25H27ClN2O/c1-16-5-2-3-14-28(16)25(29)18-10-13-23-22(15-18)20-6-4-7-21(20)24(27-23)17-8-11-19(26)12-9-17/h4,6,8-13,15-16,20-21,24,27H,2-3,5,7,14H2,1H3/t16-,20+,21-,24+/m0/s1. The number of fused-ring (bicyclic) bond motifs is 3. The molecule has 0 bridgehead atoms. The van der Waals surface area contributed by atoms with Crippen LogP contribution in [0.15, 0.2) is 54.6 Å². The van der Waals surface area contributed by atoms with Gasteiger partial charge in [0.1, 0.15) is 0 Å². The van der Waals surface area contributed by atoms with Crippen LogP contribution in [0.2, 0.25) is 5.02 Å². The fourth-order valence-electron chi connectivity index (χ4n) is 5.29. The van der Waals surface area contributed by atoms with Crippen molar-refractivity contribution in [1.82, 2.24) is 4.90 Å². The van der Waals surface area contributed by atoms with Crippen LogP contribution in [0.1, 0.15) is 66.1 Å². The molecule has 1 aliphatic carbocycles. The molecule has 2 aliphatic heterocycles. The predicted molar refractivity (Wildman–Crippen MR) is 119 cm³/mol. The second-order valence-electron chi connectivity index (χ2n) is 8.67. The molecule has 1 fully saturated rings. The zero-order valence-corrected chi connectivity index (χ0v) is 17.5. The quantitative estimate of drug-likeness (QED) is 0.604. The minimum atomic E-state index is 0.179. The van der Waals surface area contributed by atoms with Crippen LogP contribution in [0.25, 0.3) is 0 Å². The first-order chi connectivity index (χ1) is 14.1. The van der Waals surface area contributed by atoms with Crippen molar-refractivity contribution in [2.24, 2.45) is 5.92 Å². The molecule has 1 N–H and O–H groups in total. The zero-order valence-electron chi connectivity index (χ0n) is 16.8. The van der Waals surface area contributed by atoms with Gasteiger partial charge in [0.05, 0.1) is 6.04 Å². The van der Waals surface area contributed by atoms with Gasteiger partial charge in [-0.25, -0.2) is 0 Å². The number of carbonyl (C=O) groups excluding carboxylic acids is 1. The van der Waals surface area contributed by atoms with E-state index >= 15 is 0 Å². The van der Waals surface area contributed by atoms with Gasteiger partial charge in [-0.05, 0) is 80.0 Å². The van der Waals surface area contributed by atoms with Crippen LogP contribution in [0.5, 0.6) is 0 Å². The minimum absolute atomic E-state index is 0.179. The lowest BCUT2D eigenvalue weighted by Gasteiger charge is -2.38. The number of piperidine rings is 1. The topological polar surface area (TPSA) is 32.3 Å². The number of nitrogens with one attached hydrogen (secondary N) is 1. The van der Waals surface area contributed by atoms with Crippen LogP contribution < -0.4 is 5.32 Å². The van der Waals surface area contributed by atoms with Gasteiger partial charge in [-0.1, -0.05) is 35.9 Å². The van der Waals surface area contributed by atoms with E-state index in [1.165, 1.54) is 17.5 Å². The Morgan fingerprint density at radius 3 is 2.76 bits per heavy atom. The lowest BCUT2D eigenvalue weighted by atomic mass is 9.76. The molecule has 0 radical (unpaired) electrons. The molecule has 4 heteroatoms. The first-order valence-electron chi connectivity index (χ1n) is 10.8. The zero-order chi connectivity index (χ0) is 20.0. The summed E-state index contributed by atoms with van der Waals surface area (Å²) in [6.45, 7) is 3.05. The summed E-state index contributed by atoms with van der Waals surface area (Å²) in [7, 11) is 0. The van der Waals surface area contributed by atoms with Gasteiger partial charge in [-0.3, -0.25) is 4.79 Å². The Labute approximate surface area is 177 Å². The molecule has 29 heavy (non-hydrogen) atoms. The third-order valence-corrected chi connectivity index (χ3v) is 7.15. The highest BCUT2D eigenvalue weighted by atomic mass is 35.5. The number of likely N-dealkylation sites (tertiary alicyclic amines) is 1. The normalized spacial score (nSPS) is 27.9. The maximum Gasteiger partial charge on any atom is 0.254 e. The predicted octanol–water partition coefficient (Wildman–Crippen LogP) is 6.18. The summed E-state index contributed by atoms with van der Waals surface area (Å²) in [5, 5.41) is 4.52. The van der Waals surface area contributed by atoms with Crippen LogP contribution in [0.4, 0.5) is 5.69 Å². The molecule has 0 spiro atoms. The number of rotatable bonds is 2. The lowest BCUT2D eigenvalue weighted by molar-refractivity contribution is 0.0635. The molecule has 3 nitrogen and oxygen atoms in total. The number of hydrogen-bond acceptors (Lipinski definition) is 2. The average Bonchev–Trinajstić information content (AvgIpc) is 3.24. The summed E-state index contributed by atoms with van der Waals surface area (Å²) in [5.41, 5.74) is 4.48. The second kappa shape index (κ2) is 7.53. The molecule has 3 aliphatic rings. The number of carbonyl (C=O) groups is 1.